The molecule has 0 fully saturated rings. The van der Waals surface area contributed by atoms with E-state index in [1.807, 2.05) is 0 Å². The van der Waals surface area contributed by atoms with Crippen molar-refractivity contribution < 1.29 is 22.7 Å². The van der Waals surface area contributed by atoms with Crippen LogP contribution in [0.4, 0.5) is 0 Å². The van der Waals surface area contributed by atoms with Gasteiger partial charge in [-0.15, -0.1) is 0 Å². The van der Waals surface area contributed by atoms with Gasteiger partial charge in [-0.1, -0.05) is 62.4 Å². The van der Waals surface area contributed by atoms with Crippen molar-refractivity contribution in [3.8, 4) is 0 Å². The number of nitrogens with one attached hydrogen (secondary N) is 1. The van der Waals surface area contributed by atoms with Crippen LogP contribution in [0.1, 0.15) is 25.5 Å². The molecule has 0 spiro atoms. The van der Waals surface area contributed by atoms with E-state index in [2.05, 4.69) is 4.72 Å². The first kappa shape index (κ1) is 22.6. The molecule has 1 amide bonds. The van der Waals surface area contributed by atoms with Crippen LogP contribution < -0.4 is 4.72 Å². The van der Waals surface area contributed by atoms with Crippen molar-refractivity contribution in [2.75, 3.05) is 14.1 Å². The zero-order valence-corrected chi connectivity index (χ0v) is 17.7. The predicted molar refractivity (Wildman–Crippen MR) is 109 cm³/mol. The molecule has 0 bridgehead atoms. The lowest BCUT2D eigenvalue weighted by atomic mass is 10.1. The van der Waals surface area contributed by atoms with E-state index in [0.717, 1.165) is 0 Å². The number of likely N-dealkylation sites (N-methyl/N-ethyl adjacent to an activating group) is 1. The number of hydrogen-bond acceptors (Lipinski definition) is 5. The van der Waals surface area contributed by atoms with Crippen LogP contribution in [0.2, 0.25) is 0 Å². The Balaban J connectivity index is 2.28. The number of ether oxygens (including phenoxy) is 1. The van der Waals surface area contributed by atoms with Crippen molar-refractivity contribution >= 4 is 21.9 Å². The number of esters is 1. The first-order valence-corrected chi connectivity index (χ1v) is 10.7. The summed E-state index contributed by atoms with van der Waals surface area (Å²) in [6, 6.07) is 15.2. The van der Waals surface area contributed by atoms with Crippen LogP contribution in [0.5, 0.6) is 0 Å². The third kappa shape index (κ3) is 5.88. The summed E-state index contributed by atoms with van der Waals surface area (Å²) >= 11 is 0. The maximum atomic E-state index is 12.9. The van der Waals surface area contributed by atoms with Gasteiger partial charge < -0.3 is 9.64 Å². The minimum Gasteiger partial charge on any atom is -0.446 e. The second-order valence-corrected chi connectivity index (χ2v) is 8.83. The van der Waals surface area contributed by atoms with Crippen LogP contribution in [0.15, 0.2) is 65.6 Å². The van der Waals surface area contributed by atoms with Gasteiger partial charge in [0.25, 0.3) is 5.91 Å². The SMILES string of the molecule is CC(C)[C@@H](NS(=O)(=O)c1ccccc1)C(=O)O[C@@H](C(=O)N(C)C)c1ccccc1. The van der Waals surface area contributed by atoms with Crippen molar-refractivity contribution in [1.82, 2.24) is 9.62 Å². The van der Waals surface area contributed by atoms with Crippen LogP contribution in [0.25, 0.3) is 0 Å². The molecule has 0 unspecified atom stereocenters. The lowest BCUT2D eigenvalue weighted by molar-refractivity contribution is -0.162. The first-order chi connectivity index (χ1) is 13.6. The standard InChI is InChI=1S/C21H26N2O5S/c1-15(2)18(22-29(26,27)17-13-9-6-10-14-17)21(25)28-19(20(24)23(3)4)16-11-7-5-8-12-16/h5-15,18-19,22H,1-4H3/t18-,19-/m1/s1. The molecule has 0 radical (unpaired) electrons. The molecule has 1 N–H and O–H groups in total. The predicted octanol–water partition coefficient (Wildman–Crippen LogP) is 2.36. The molecular formula is C21H26N2O5S. The Hall–Kier alpha value is -2.71. The summed E-state index contributed by atoms with van der Waals surface area (Å²) in [4.78, 5) is 26.8. The van der Waals surface area contributed by atoms with E-state index < -0.39 is 40.0 Å². The van der Waals surface area contributed by atoms with Gasteiger partial charge in [-0.2, -0.15) is 4.72 Å². The zero-order valence-electron chi connectivity index (χ0n) is 16.9. The van der Waals surface area contributed by atoms with Crippen LogP contribution in [-0.4, -0.2) is 45.3 Å². The highest BCUT2D eigenvalue weighted by Gasteiger charge is 2.34. The third-order valence-corrected chi connectivity index (χ3v) is 5.71. The maximum Gasteiger partial charge on any atom is 0.325 e. The van der Waals surface area contributed by atoms with E-state index >= 15 is 0 Å². The van der Waals surface area contributed by atoms with Gasteiger partial charge in [-0.05, 0) is 18.1 Å². The second-order valence-electron chi connectivity index (χ2n) is 7.12. The number of rotatable bonds is 8. The molecule has 0 saturated heterocycles. The average molecular weight is 419 g/mol. The number of benzene rings is 2. The molecule has 0 aliphatic heterocycles. The molecule has 2 atom stereocenters. The molecule has 2 rings (SSSR count). The highest BCUT2D eigenvalue weighted by molar-refractivity contribution is 7.89. The zero-order chi connectivity index (χ0) is 21.6. The number of carbonyl (C=O) groups is 2. The molecule has 0 aliphatic carbocycles. The Morgan fingerprint density at radius 2 is 1.45 bits per heavy atom. The average Bonchev–Trinajstić information content (AvgIpc) is 2.70. The second kappa shape index (κ2) is 9.67. The topological polar surface area (TPSA) is 92.8 Å². The highest BCUT2D eigenvalue weighted by atomic mass is 32.2. The Bertz CT molecular complexity index is 928. The Morgan fingerprint density at radius 3 is 1.93 bits per heavy atom. The largest absolute Gasteiger partial charge is 0.446 e. The van der Waals surface area contributed by atoms with Crippen molar-refractivity contribution in [1.29, 1.82) is 0 Å². The fourth-order valence-electron chi connectivity index (χ4n) is 2.60. The molecule has 156 valence electrons. The van der Waals surface area contributed by atoms with Crippen molar-refractivity contribution in [2.45, 2.75) is 30.9 Å². The van der Waals surface area contributed by atoms with Crippen LogP contribution in [-0.2, 0) is 24.3 Å². The van der Waals surface area contributed by atoms with Gasteiger partial charge in [0, 0.05) is 19.7 Å². The van der Waals surface area contributed by atoms with Gasteiger partial charge in [-0.25, -0.2) is 8.42 Å². The van der Waals surface area contributed by atoms with E-state index in [9.17, 15) is 18.0 Å². The molecule has 0 aliphatic rings. The molecular weight excluding hydrogens is 392 g/mol. The van der Waals surface area contributed by atoms with E-state index in [-0.39, 0.29) is 4.90 Å². The lowest BCUT2D eigenvalue weighted by Gasteiger charge is -2.26. The molecule has 8 heteroatoms. The molecule has 0 heterocycles. The fourth-order valence-corrected chi connectivity index (χ4v) is 3.96. The first-order valence-electron chi connectivity index (χ1n) is 9.17. The fraction of sp³-hybridized carbons (Fsp3) is 0.333. The number of hydrogen-bond donors (Lipinski definition) is 1. The minimum atomic E-state index is -3.93. The quantitative estimate of drug-likeness (QED) is 0.665. The molecule has 2 aromatic carbocycles. The van der Waals surface area contributed by atoms with Gasteiger partial charge in [0.2, 0.25) is 16.1 Å². The smallest absolute Gasteiger partial charge is 0.325 e. The van der Waals surface area contributed by atoms with Crippen molar-refractivity contribution in [2.24, 2.45) is 5.92 Å². The van der Waals surface area contributed by atoms with E-state index in [1.165, 1.54) is 17.0 Å². The van der Waals surface area contributed by atoms with Gasteiger partial charge in [-0.3, -0.25) is 9.59 Å². The molecule has 0 saturated carbocycles. The van der Waals surface area contributed by atoms with Gasteiger partial charge in [0.15, 0.2) is 0 Å². The third-order valence-electron chi connectivity index (χ3n) is 4.26. The maximum absolute atomic E-state index is 12.9. The lowest BCUT2D eigenvalue weighted by Crippen LogP contribution is -2.46. The number of nitrogens with zero attached hydrogens (tertiary/aromatic N) is 1. The summed E-state index contributed by atoms with van der Waals surface area (Å²) in [5, 5.41) is 0. The van der Waals surface area contributed by atoms with Crippen molar-refractivity contribution in [3.63, 3.8) is 0 Å². The summed E-state index contributed by atoms with van der Waals surface area (Å²) in [6.07, 6.45) is -1.17. The van der Waals surface area contributed by atoms with Gasteiger partial charge in [0.1, 0.15) is 6.04 Å². The number of amides is 1. The molecule has 2 aromatic rings. The molecule has 0 aromatic heterocycles. The summed E-state index contributed by atoms with van der Waals surface area (Å²) in [6.45, 7) is 3.40. The molecule has 7 nitrogen and oxygen atoms in total. The Kier molecular flexibility index (Phi) is 7.53. The Morgan fingerprint density at radius 1 is 0.931 bits per heavy atom. The van der Waals surface area contributed by atoms with Crippen LogP contribution in [0, 0.1) is 5.92 Å². The number of carbonyl (C=O) groups excluding carboxylic acids is 2. The monoisotopic (exact) mass is 418 g/mol. The number of sulfonamides is 1. The van der Waals surface area contributed by atoms with Crippen LogP contribution >= 0.6 is 0 Å². The summed E-state index contributed by atoms with van der Waals surface area (Å²) in [5.41, 5.74) is 0.507. The summed E-state index contributed by atoms with van der Waals surface area (Å²) < 4.78 is 33.2. The van der Waals surface area contributed by atoms with Gasteiger partial charge in [0.05, 0.1) is 4.90 Å². The van der Waals surface area contributed by atoms with Crippen molar-refractivity contribution in [3.05, 3.63) is 66.2 Å². The summed E-state index contributed by atoms with van der Waals surface area (Å²) in [5.74, 6) is -1.63. The summed E-state index contributed by atoms with van der Waals surface area (Å²) in [7, 11) is -0.813. The van der Waals surface area contributed by atoms with E-state index in [0.29, 0.717) is 5.56 Å². The highest BCUT2D eigenvalue weighted by Crippen LogP contribution is 2.22. The van der Waals surface area contributed by atoms with E-state index in [4.69, 9.17) is 4.74 Å². The van der Waals surface area contributed by atoms with Gasteiger partial charge >= 0.3 is 5.97 Å². The van der Waals surface area contributed by atoms with Crippen LogP contribution in [0.3, 0.4) is 0 Å². The van der Waals surface area contributed by atoms with E-state index in [1.54, 1.807) is 76.5 Å². The Labute approximate surface area is 171 Å². The minimum absolute atomic E-state index is 0.0439. The normalized spacial score (nSPS) is 13.6. The molecule has 29 heavy (non-hydrogen) atoms.